The Bertz CT molecular complexity index is 988. The lowest BCUT2D eigenvalue weighted by molar-refractivity contribution is -0.142. The van der Waals surface area contributed by atoms with Gasteiger partial charge in [0.2, 0.25) is 5.91 Å². The number of esters is 1. The first-order valence-electron chi connectivity index (χ1n) is 8.86. The van der Waals surface area contributed by atoms with Crippen LogP contribution in [0.15, 0.2) is 59.5 Å². The number of amides is 3. The Morgan fingerprint density at radius 1 is 1.07 bits per heavy atom. The van der Waals surface area contributed by atoms with E-state index in [0.29, 0.717) is 17.0 Å². The molecule has 3 amide bonds. The third kappa shape index (κ3) is 5.48. The molecule has 8 nitrogen and oxygen atoms in total. The van der Waals surface area contributed by atoms with Crippen molar-refractivity contribution in [2.75, 3.05) is 25.6 Å². The molecule has 2 aromatic carbocycles. The highest BCUT2D eigenvalue weighted by Gasteiger charge is 2.36. The number of carbonyl (C=O) groups is 4. The van der Waals surface area contributed by atoms with Crippen LogP contribution in [0, 0.1) is 0 Å². The van der Waals surface area contributed by atoms with Crippen LogP contribution in [0.5, 0.6) is 5.75 Å². The molecule has 0 saturated carbocycles. The number of nitrogens with one attached hydrogen (secondary N) is 1. The van der Waals surface area contributed by atoms with E-state index >= 15 is 0 Å². The standard InChI is InChI=1S/C21H18N2O6S/c1-28-19(25)13-29-16-9-7-14(8-10-16)11-17-20(26)23(21(27)30-17)12-18(24)22-15-5-3-2-4-6-15/h2-11H,12-13H2,1H3,(H,22,24)/b17-11+. The van der Waals surface area contributed by atoms with Crippen LogP contribution in [0.25, 0.3) is 6.08 Å². The van der Waals surface area contributed by atoms with Gasteiger partial charge < -0.3 is 14.8 Å². The van der Waals surface area contributed by atoms with Crippen LogP contribution in [-0.4, -0.2) is 48.2 Å². The van der Waals surface area contributed by atoms with E-state index in [9.17, 15) is 19.2 Å². The molecular weight excluding hydrogens is 408 g/mol. The number of para-hydroxylation sites is 1. The van der Waals surface area contributed by atoms with Gasteiger partial charge in [0.1, 0.15) is 12.3 Å². The van der Waals surface area contributed by atoms with Gasteiger partial charge in [-0.2, -0.15) is 0 Å². The molecule has 30 heavy (non-hydrogen) atoms. The van der Waals surface area contributed by atoms with Crippen molar-refractivity contribution in [1.29, 1.82) is 0 Å². The fourth-order valence-corrected chi connectivity index (χ4v) is 3.35. The van der Waals surface area contributed by atoms with Crippen molar-refractivity contribution >= 4 is 46.5 Å². The zero-order valence-corrected chi connectivity index (χ0v) is 16.8. The smallest absolute Gasteiger partial charge is 0.343 e. The topological polar surface area (TPSA) is 102 Å². The van der Waals surface area contributed by atoms with Crippen LogP contribution >= 0.6 is 11.8 Å². The lowest BCUT2D eigenvalue weighted by atomic mass is 10.2. The number of anilines is 1. The Morgan fingerprint density at radius 2 is 1.77 bits per heavy atom. The molecule has 1 fully saturated rings. The summed E-state index contributed by atoms with van der Waals surface area (Å²) in [5.41, 5.74) is 1.25. The minimum absolute atomic E-state index is 0.209. The quantitative estimate of drug-likeness (QED) is 0.536. The number of benzene rings is 2. The number of methoxy groups -OCH3 is 1. The normalized spacial score (nSPS) is 14.7. The van der Waals surface area contributed by atoms with Crippen LogP contribution in [-0.2, 0) is 19.1 Å². The van der Waals surface area contributed by atoms with Crippen LogP contribution in [0.1, 0.15) is 5.56 Å². The van der Waals surface area contributed by atoms with Crippen LogP contribution in [0.4, 0.5) is 10.5 Å². The molecule has 0 aromatic heterocycles. The highest BCUT2D eigenvalue weighted by Crippen LogP contribution is 2.32. The number of hydrogen-bond acceptors (Lipinski definition) is 7. The second kappa shape index (κ2) is 9.75. The van der Waals surface area contributed by atoms with Crippen molar-refractivity contribution in [3.8, 4) is 5.75 Å². The molecule has 0 spiro atoms. The lowest BCUT2D eigenvalue weighted by Gasteiger charge is -2.12. The molecule has 0 aliphatic carbocycles. The Balaban J connectivity index is 1.61. The Hall–Kier alpha value is -3.59. The maximum absolute atomic E-state index is 12.5. The van der Waals surface area contributed by atoms with E-state index in [4.69, 9.17) is 4.74 Å². The molecule has 9 heteroatoms. The van der Waals surface area contributed by atoms with Gasteiger partial charge in [-0.25, -0.2) is 4.79 Å². The van der Waals surface area contributed by atoms with Crippen molar-refractivity contribution in [3.63, 3.8) is 0 Å². The molecule has 3 rings (SSSR count). The van der Waals surface area contributed by atoms with Gasteiger partial charge in [0.05, 0.1) is 12.0 Å². The second-order valence-corrected chi connectivity index (χ2v) is 7.11. The van der Waals surface area contributed by atoms with Crippen LogP contribution in [0.3, 0.4) is 0 Å². The molecule has 1 heterocycles. The van der Waals surface area contributed by atoms with E-state index in [1.54, 1.807) is 54.6 Å². The molecule has 2 aromatic rings. The minimum atomic E-state index is -0.528. The number of carbonyl (C=O) groups excluding carboxylic acids is 4. The van der Waals surface area contributed by atoms with E-state index in [0.717, 1.165) is 16.7 Å². The average molecular weight is 426 g/mol. The van der Waals surface area contributed by atoms with Crippen LogP contribution in [0.2, 0.25) is 0 Å². The van der Waals surface area contributed by atoms with Crippen molar-refractivity contribution in [1.82, 2.24) is 4.90 Å². The monoisotopic (exact) mass is 426 g/mol. The fraction of sp³-hybridized carbons (Fsp3) is 0.143. The van der Waals surface area contributed by atoms with Gasteiger partial charge in [-0.1, -0.05) is 30.3 Å². The summed E-state index contributed by atoms with van der Waals surface area (Å²) in [7, 11) is 1.27. The SMILES string of the molecule is COC(=O)COc1ccc(/C=C2/SC(=O)N(CC(=O)Nc3ccccc3)C2=O)cc1. The largest absolute Gasteiger partial charge is 0.482 e. The maximum Gasteiger partial charge on any atom is 0.343 e. The second-order valence-electron chi connectivity index (χ2n) is 6.12. The molecule has 0 unspecified atom stereocenters. The van der Waals surface area contributed by atoms with Gasteiger partial charge >= 0.3 is 5.97 Å². The summed E-state index contributed by atoms with van der Waals surface area (Å²) in [6.45, 7) is -0.572. The van der Waals surface area contributed by atoms with Crippen molar-refractivity contribution in [2.45, 2.75) is 0 Å². The summed E-state index contributed by atoms with van der Waals surface area (Å²) in [6.07, 6.45) is 1.56. The fourth-order valence-electron chi connectivity index (χ4n) is 2.51. The van der Waals surface area contributed by atoms with E-state index in [1.165, 1.54) is 7.11 Å². The molecular formula is C21H18N2O6S. The molecule has 0 bridgehead atoms. The number of imide groups is 1. The van der Waals surface area contributed by atoms with Gasteiger partial charge in [0, 0.05) is 5.69 Å². The third-order valence-electron chi connectivity index (χ3n) is 4.00. The number of hydrogen-bond donors (Lipinski definition) is 1. The van der Waals surface area contributed by atoms with Crippen molar-refractivity contribution in [2.24, 2.45) is 0 Å². The van der Waals surface area contributed by atoms with E-state index in [1.807, 2.05) is 6.07 Å². The van der Waals surface area contributed by atoms with Crippen molar-refractivity contribution < 1.29 is 28.7 Å². The molecule has 0 atom stereocenters. The molecule has 154 valence electrons. The molecule has 0 radical (unpaired) electrons. The van der Waals surface area contributed by atoms with E-state index < -0.39 is 23.0 Å². The Morgan fingerprint density at radius 3 is 2.43 bits per heavy atom. The molecule has 1 N–H and O–H groups in total. The van der Waals surface area contributed by atoms with Gasteiger partial charge in [-0.3, -0.25) is 19.3 Å². The average Bonchev–Trinajstić information content (AvgIpc) is 3.01. The van der Waals surface area contributed by atoms with Gasteiger partial charge in [-0.15, -0.1) is 0 Å². The van der Waals surface area contributed by atoms with Gasteiger partial charge in [0.15, 0.2) is 6.61 Å². The predicted molar refractivity (Wildman–Crippen MR) is 112 cm³/mol. The van der Waals surface area contributed by atoms with Gasteiger partial charge in [-0.05, 0) is 47.7 Å². The highest BCUT2D eigenvalue weighted by molar-refractivity contribution is 8.18. The summed E-state index contributed by atoms with van der Waals surface area (Å²) in [4.78, 5) is 49.1. The first-order chi connectivity index (χ1) is 14.5. The number of ether oxygens (including phenoxy) is 2. The van der Waals surface area contributed by atoms with Crippen LogP contribution < -0.4 is 10.1 Å². The van der Waals surface area contributed by atoms with Gasteiger partial charge in [0.25, 0.3) is 11.1 Å². The summed E-state index contributed by atoms with van der Waals surface area (Å²) in [5.74, 6) is -1.02. The summed E-state index contributed by atoms with van der Waals surface area (Å²) in [5, 5.41) is 2.14. The first kappa shape index (κ1) is 21.1. The predicted octanol–water partition coefficient (Wildman–Crippen LogP) is 2.91. The lowest BCUT2D eigenvalue weighted by Crippen LogP contribution is -2.36. The number of nitrogens with zero attached hydrogens (tertiary/aromatic N) is 1. The van der Waals surface area contributed by atoms with E-state index in [2.05, 4.69) is 10.1 Å². The van der Waals surface area contributed by atoms with E-state index in [-0.39, 0.29) is 18.1 Å². The summed E-state index contributed by atoms with van der Waals surface area (Å²) < 4.78 is 9.76. The molecule has 1 saturated heterocycles. The summed E-state index contributed by atoms with van der Waals surface area (Å²) in [6, 6.07) is 15.4. The number of thioether (sulfide) groups is 1. The third-order valence-corrected chi connectivity index (χ3v) is 4.90. The first-order valence-corrected chi connectivity index (χ1v) is 9.68. The minimum Gasteiger partial charge on any atom is -0.482 e. The van der Waals surface area contributed by atoms with Crippen molar-refractivity contribution in [3.05, 3.63) is 65.1 Å². The zero-order chi connectivity index (χ0) is 21.5. The molecule has 1 aliphatic heterocycles. The Kier molecular flexibility index (Phi) is 6.87. The Labute approximate surface area is 176 Å². The highest BCUT2D eigenvalue weighted by atomic mass is 32.2. The summed E-state index contributed by atoms with van der Waals surface area (Å²) >= 11 is 0.772. The maximum atomic E-state index is 12.5. The number of rotatable bonds is 7. The zero-order valence-electron chi connectivity index (χ0n) is 16.0. The molecule has 1 aliphatic rings.